The molecule has 1 fully saturated rings. The molecule has 2 unspecified atom stereocenters. The predicted molar refractivity (Wildman–Crippen MR) is 139 cm³/mol. The lowest BCUT2D eigenvalue weighted by Crippen LogP contribution is -2.36. The second-order valence-corrected chi connectivity index (χ2v) is 10.9. The maximum absolute atomic E-state index is 12.5. The summed E-state index contributed by atoms with van der Waals surface area (Å²) in [7, 11) is 0. The molecule has 3 aromatic rings. The Kier molecular flexibility index (Phi) is 5.73. The van der Waals surface area contributed by atoms with Crippen molar-refractivity contribution >= 4 is 23.4 Å². The van der Waals surface area contributed by atoms with E-state index in [4.69, 9.17) is 10.5 Å². The summed E-state index contributed by atoms with van der Waals surface area (Å²) < 4.78 is 8.23. The molecule has 0 radical (unpaired) electrons. The molecule has 1 aromatic carbocycles. The Balaban J connectivity index is 1.44. The molecule has 0 spiro atoms. The third-order valence-electron chi connectivity index (χ3n) is 6.77. The standard InChI is InChI=1S/C27H33N7O2/c1-16-6-7-17(23-27(5,24(28)35)14-20(36-23)26(2,3)4)12-19(16)33-25-29-10-11-34(25)22-13-21(30-15-31-22)32-18-8-9-18/h6-7,10-15,18,23H,8-9H2,1-5H3,(H2,28,35)(H,29,33)(H,30,31,32). The van der Waals surface area contributed by atoms with Crippen LogP contribution in [0.15, 0.2) is 54.8 Å². The van der Waals surface area contributed by atoms with Gasteiger partial charge in [-0.1, -0.05) is 32.9 Å². The predicted octanol–water partition coefficient (Wildman–Crippen LogP) is 4.78. The minimum atomic E-state index is -0.959. The molecule has 5 rings (SSSR count). The number of benzene rings is 1. The summed E-state index contributed by atoms with van der Waals surface area (Å²) in [5.74, 6) is 2.47. The maximum atomic E-state index is 12.5. The normalized spacial score (nSPS) is 21.6. The number of allylic oxidation sites excluding steroid dienone is 1. The van der Waals surface area contributed by atoms with Gasteiger partial charge in [-0.15, -0.1) is 0 Å². The highest BCUT2D eigenvalue weighted by Gasteiger charge is 2.48. The topological polar surface area (TPSA) is 120 Å². The number of aromatic nitrogens is 4. The number of nitrogens with one attached hydrogen (secondary N) is 2. The minimum Gasteiger partial charge on any atom is -0.488 e. The fraction of sp³-hybridized carbons (Fsp3) is 0.407. The van der Waals surface area contributed by atoms with E-state index >= 15 is 0 Å². The number of carbonyl (C=O) groups is 1. The largest absolute Gasteiger partial charge is 0.488 e. The van der Waals surface area contributed by atoms with Crippen molar-refractivity contribution in [3.63, 3.8) is 0 Å². The van der Waals surface area contributed by atoms with Gasteiger partial charge in [-0.3, -0.25) is 9.36 Å². The van der Waals surface area contributed by atoms with E-state index in [0.29, 0.717) is 17.8 Å². The number of nitrogens with two attached hydrogens (primary N) is 1. The third kappa shape index (κ3) is 4.53. The van der Waals surface area contributed by atoms with Gasteiger partial charge in [0, 0.05) is 35.6 Å². The summed E-state index contributed by atoms with van der Waals surface area (Å²) in [6.45, 7) is 10.0. The van der Waals surface area contributed by atoms with Gasteiger partial charge in [0.1, 0.15) is 29.5 Å². The highest BCUT2D eigenvalue weighted by Crippen LogP contribution is 2.50. The zero-order chi connectivity index (χ0) is 25.7. The van der Waals surface area contributed by atoms with E-state index in [-0.39, 0.29) is 5.41 Å². The minimum absolute atomic E-state index is 0.243. The summed E-state index contributed by atoms with van der Waals surface area (Å²) in [6.07, 6.45) is 8.82. The van der Waals surface area contributed by atoms with Crippen molar-refractivity contribution in [1.29, 1.82) is 0 Å². The number of imidazole rings is 1. The molecule has 36 heavy (non-hydrogen) atoms. The molecule has 0 bridgehead atoms. The van der Waals surface area contributed by atoms with Gasteiger partial charge in [0.05, 0.1) is 5.76 Å². The molecule has 4 N–H and O–H groups in total. The zero-order valence-corrected chi connectivity index (χ0v) is 21.4. The number of nitrogens with zero attached hydrogens (tertiary/aromatic N) is 4. The summed E-state index contributed by atoms with van der Waals surface area (Å²) >= 11 is 0. The van der Waals surface area contributed by atoms with Crippen molar-refractivity contribution in [3.8, 4) is 5.82 Å². The SMILES string of the molecule is Cc1ccc(C2OC(C(C)(C)C)=CC2(C)C(N)=O)cc1Nc1nccn1-c1cc(NC2CC2)ncn1. The van der Waals surface area contributed by atoms with Crippen molar-refractivity contribution < 1.29 is 9.53 Å². The fourth-order valence-electron chi connectivity index (χ4n) is 4.27. The molecule has 2 atom stereocenters. The number of carbonyl (C=O) groups excluding carboxylic acids is 1. The average molecular weight is 488 g/mol. The van der Waals surface area contributed by atoms with Crippen LogP contribution in [0.1, 0.15) is 57.8 Å². The van der Waals surface area contributed by atoms with Gasteiger partial charge in [0.25, 0.3) is 0 Å². The van der Waals surface area contributed by atoms with Gasteiger partial charge in [0.15, 0.2) is 0 Å². The average Bonchev–Trinajstić information content (AvgIpc) is 3.36. The first-order chi connectivity index (χ1) is 17.0. The molecule has 1 aliphatic carbocycles. The summed E-state index contributed by atoms with van der Waals surface area (Å²) in [6, 6.07) is 8.40. The number of ether oxygens (including phenoxy) is 1. The highest BCUT2D eigenvalue weighted by molar-refractivity contribution is 5.84. The van der Waals surface area contributed by atoms with Crippen LogP contribution in [0.2, 0.25) is 0 Å². The molecule has 9 heteroatoms. The zero-order valence-electron chi connectivity index (χ0n) is 21.4. The van der Waals surface area contributed by atoms with E-state index in [9.17, 15) is 4.79 Å². The van der Waals surface area contributed by atoms with E-state index in [2.05, 4.69) is 46.4 Å². The molecule has 188 valence electrons. The van der Waals surface area contributed by atoms with Gasteiger partial charge in [-0.2, -0.15) is 0 Å². The van der Waals surface area contributed by atoms with Gasteiger partial charge in [-0.05, 0) is 50.0 Å². The molecular weight excluding hydrogens is 454 g/mol. The fourth-order valence-corrected chi connectivity index (χ4v) is 4.27. The van der Waals surface area contributed by atoms with Crippen LogP contribution in [-0.2, 0) is 9.53 Å². The Hall–Kier alpha value is -3.88. The van der Waals surface area contributed by atoms with Gasteiger partial charge in [-0.25, -0.2) is 15.0 Å². The van der Waals surface area contributed by atoms with Crippen LogP contribution < -0.4 is 16.4 Å². The van der Waals surface area contributed by atoms with Gasteiger partial charge >= 0.3 is 0 Å². The monoisotopic (exact) mass is 487 g/mol. The van der Waals surface area contributed by atoms with Gasteiger partial charge < -0.3 is 21.1 Å². The van der Waals surface area contributed by atoms with E-state index in [0.717, 1.165) is 28.4 Å². The van der Waals surface area contributed by atoms with E-state index < -0.39 is 17.4 Å². The lowest BCUT2D eigenvalue weighted by atomic mass is 9.79. The van der Waals surface area contributed by atoms with Crippen LogP contribution in [0.25, 0.3) is 5.82 Å². The van der Waals surface area contributed by atoms with Crippen LogP contribution in [-0.4, -0.2) is 31.5 Å². The van der Waals surface area contributed by atoms with Crippen LogP contribution >= 0.6 is 0 Å². The van der Waals surface area contributed by atoms with Crippen LogP contribution in [0.4, 0.5) is 17.5 Å². The lowest BCUT2D eigenvalue weighted by Gasteiger charge is -2.28. The van der Waals surface area contributed by atoms with Crippen LogP contribution in [0, 0.1) is 17.8 Å². The molecule has 1 amide bonds. The number of rotatable bonds is 7. The van der Waals surface area contributed by atoms with E-state index in [1.807, 2.05) is 55.0 Å². The lowest BCUT2D eigenvalue weighted by molar-refractivity contribution is -0.128. The summed E-state index contributed by atoms with van der Waals surface area (Å²) in [5.41, 5.74) is 7.39. The third-order valence-corrected chi connectivity index (χ3v) is 6.77. The molecular formula is C27H33N7O2. The highest BCUT2D eigenvalue weighted by atomic mass is 16.5. The second kappa shape index (κ2) is 8.65. The van der Waals surface area contributed by atoms with Crippen molar-refractivity contribution in [2.24, 2.45) is 16.6 Å². The number of anilines is 3. The van der Waals surface area contributed by atoms with Crippen molar-refractivity contribution in [3.05, 3.63) is 65.9 Å². The maximum Gasteiger partial charge on any atom is 0.231 e. The smallest absolute Gasteiger partial charge is 0.231 e. The van der Waals surface area contributed by atoms with Crippen molar-refractivity contribution in [2.75, 3.05) is 10.6 Å². The number of aryl methyl sites for hydroxylation is 1. The van der Waals surface area contributed by atoms with Crippen LogP contribution in [0.5, 0.6) is 0 Å². The quantitative estimate of drug-likeness (QED) is 0.439. The Bertz CT molecular complexity index is 1340. The van der Waals surface area contributed by atoms with E-state index in [1.165, 1.54) is 12.8 Å². The molecule has 0 saturated heterocycles. The summed E-state index contributed by atoms with van der Waals surface area (Å²) in [4.78, 5) is 25.8. The Morgan fingerprint density at radius 1 is 1.19 bits per heavy atom. The molecule has 1 aliphatic heterocycles. The summed E-state index contributed by atoms with van der Waals surface area (Å²) in [5, 5.41) is 6.84. The number of hydrogen-bond donors (Lipinski definition) is 3. The Morgan fingerprint density at radius 3 is 2.67 bits per heavy atom. The van der Waals surface area contributed by atoms with Crippen molar-refractivity contribution in [1.82, 2.24) is 19.5 Å². The Labute approximate surface area is 211 Å². The number of primary amides is 1. The molecule has 2 aromatic heterocycles. The molecule has 2 aliphatic rings. The first kappa shape index (κ1) is 23.8. The first-order valence-corrected chi connectivity index (χ1v) is 12.2. The van der Waals surface area contributed by atoms with Crippen molar-refractivity contribution in [2.45, 2.75) is 59.6 Å². The van der Waals surface area contributed by atoms with E-state index in [1.54, 1.807) is 12.5 Å². The molecule has 1 saturated carbocycles. The van der Waals surface area contributed by atoms with Crippen LogP contribution in [0.3, 0.4) is 0 Å². The number of hydrogen-bond acceptors (Lipinski definition) is 7. The second-order valence-electron chi connectivity index (χ2n) is 10.9. The first-order valence-electron chi connectivity index (χ1n) is 12.2. The number of amides is 1. The molecule has 3 heterocycles. The Morgan fingerprint density at radius 2 is 1.97 bits per heavy atom. The molecule has 9 nitrogen and oxygen atoms in total. The van der Waals surface area contributed by atoms with Gasteiger partial charge in [0.2, 0.25) is 11.9 Å².